The number of hydrogen-bond donors (Lipinski definition) is 1. The average Bonchev–Trinajstić information content (AvgIpc) is 3.13. The molecule has 3 fully saturated rings. The van der Waals surface area contributed by atoms with Crippen LogP contribution in [0.5, 0.6) is 0 Å². The Kier molecular flexibility index (Phi) is 3.09. The molecule has 1 N–H and O–H groups in total. The molecule has 4 nitrogen and oxygen atoms in total. The van der Waals surface area contributed by atoms with Gasteiger partial charge in [-0.1, -0.05) is 6.42 Å². The maximum Gasteiger partial charge on any atom is 0.223 e. The van der Waals surface area contributed by atoms with Gasteiger partial charge in [-0.25, -0.2) is 0 Å². The molecule has 3 rings (SSSR count). The van der Waals surface area contributed by atoms with Gasteiger partial charge in [0, 0.05) is 25.3 Å². The van der Waals surface area contributed by atoms with Crippen LogP contribution in [0, 0.1) is 5.92 Å². The highest BCUT2D eigenvalue weighted by Gasteiger charge is 2.42. The van der Waals surface area contributed by atoms with Crippen LogP contribution in [0.1, 0.15) is 44.9 Å². The first-order valence-electron chi connectivity index (χ1n) is 6.87. The van der Waals surface area contributed by atoms with E-state index in [0.29, 0.717) is 13.2 Å². The van der Waals surface area contributed by atoms with Crippen LogP contribution < -0.4 is 5.32 Å². The van der Waals surface area contributed by atoms with Crippen molar-refractivity contribution >= 4 is 5.91 Å². The van der Waals surface area contributed by atoms with Gasteiger partial charge < -0.3 is 14.8 Å². The van der Waals surface area contributed by atoms with Crippen molar-refractivity contribution in [3.63, 3.8) is 0 Å². The van der Waals surface area contributed by atoms with Crippen molar-refractivity contribution in [3.05, 3.63) is 0 Å². The third-order valence-electron chi connectivity index (χ3n) is 3.98. The zero-order valence-electron chi connectivity index (χ0n) is 10.2. The number of carbonyl (C=O) groups is 1. The molecule has 1 aliphatic heterocycles. The first-order valence-corrected chi connectivity index (χ1v) is 6.87. The van der Waals surface area contributed by atoms with E-state index in [1.165, 1.54) is 19.3 Å². The lowest BCUT2D eigenvalue weighted by Crippen LogP contribution is -2.37. The summed E-state index contributed by atoms with van der Waals surface area (Å²) in [6.45, 7) is 1.24. The summed E-state index contributed by atoms with van der Waals surface area (Å²) in [6.07, 6.45) is 7.87. The molecule has 2 aliphatic carbocycles. The molecule has 1 heterocycles. The Morgan fingerprint density at radius 1 is 1.24 bits per heavy atom. The van der Waals surface area contributed by atoms with Crippen LogP contribution in [-0.4, -0.2) is 30.9 Å². The van der Waals surface area contributed by atoms with Crippen LogP contribution in [0.15, 0.2) is 0 Å². The average molecular weight is 239 g/mol. The number of carbonyl (C=O) groups excluding carboxylic acids is 1. The minimum absolute atomic E-state index is 0.0517. The van der Waals surface area contributed by atoms with Gasteiger partial charge in [-0.2, -0.15) is 0 Å². The van der Waals surface area contributed by atoms with Crippen molar-refractivity contribution in [3.8, 4) is 0 Å². The Morgan fingerprint density at radius 3 is 2.71 bits per heavy atom. The van der Waals surface area contributed by atoms with E-state index in [4.69, 9.17) is 9.47 Å². The normalized spacial score (nSPS) is 31.6. The Labute approximate surface area is 102 Å². The molecule has 17 heavy (non-hydrogen) atoms. The second kappa shape index (κ2) is 4.58. The van der Waals surface area contributed by atoms with Crippen LogP contribution in [0.3, 0.4) is 0 Å². The lowest BCUT2D eigenvalue weighted by Gasteiger charge is -2.31. The summed E-state index contributed by atoms with van der Waals surface area (Å²) in [4.78, 5) is 11.5. The van der Waals surface area contributed by atoms with Crippen molar-refractivity contribution in [1.29, 1.82) is 0 Å². The second-order valence-electron chi connectivity index (χ2n) is 5.54. The number of hydrogen-bond acceptors (Lipinski definition) is 3. The highest BCUT2D eigenvalue weighted by molar-refractivity contribution is 5.80. The first-order chi connectivity index (χ1) is 8.27. The minimum atomic E-state index is -0.312. The SMILES string of the molecule is O=C(NC[C@H]1COC2(CCCCC2)O1)C1CC1. The van der Waals surface area contributed by atoms with E-state index in [0.717, 1.165) is 25.7 Å². The maximum absolute atomic E-state index is 11.5. The summed E-state index contributed by atoms with van der Waals surface area (Å²) in [5, 5.41) is 2.96. The Bertz CT molecular complexity index is 295. The van der Waals surface area contributed by atoms with E-state index in [-0.39, 0.29) is 23.7 Å². The number of ether oxygens (including phenoxy) is 2. The molecule has 2 saturated carbocycles. The summed E-state index contributed by atoms with van der Waals surface area (Å²) in [7, 11) is 0. The fraction of sp³-hybridized carbons (Fsp3) is 0.923. The van der Waals surface area contributed by atoms with Crippen molar-refractivity contribution in [2.24, 2.45) is 5.92 Å². The molecular weight excluding hydrogens is 218 g/mol. The van der Waals surface area contributed by atoms with Crippen LogP contribution in [0.4, 0.5) is 0 Å². The highest BCUT2D eigenvalue weighted by Crippen LogP contribution is 2.37. The summed E-state index contributed by atoms with van der Waals surface area (Å²) in [6, 6.07) is 0. The molecule has 0 aromatic heterocycles. The topological polar surface area (TPSA) is 47.6 Å². The minimum Gasteiger partial charge on any atom is -0.353 e. The summed E-state index contributed by atoms with van der Waals surface area (Å²) in [5.74, 6) is 0.159. The van der Waals surface area contributed by atoms with Crippen molar-refractivity contribution < 1.29 is 14.3 Å². The molecular formula is C13H21NO3. The molecule has 1 amide bonds. The number of nitrogens with one attached hydrogen (secondary N) is 1. The third kappa shape index (κ3) is 2.63. The van der Waals surface area contributed by atoms with Gasteiger partial charge in [-0.05, 0) is 25.7 Å². The largest absolute Gasteiger partial charge is 0.353 e. The summed E-state index contributed by atoms with van der Waals surface area (Å²) < 4.78 is 11.8. The fourth-order valence-electron chi connectivity index (χ4n) is 2.77. The predicted octanol–water partition coefficient (Wildman–Crippen LogP) is 1.59. The van der Waals surface area contributed by atoms with Crippen LogP contribution in [0.25, 0.3) is 0 Å². The molecule has 1 saturated heterocycles. The van der Waals surface area contributed by atoms with E-state index in [1.807, 2.05) is 0 Å². The Hall–Kier alpha value is -0.610. The molecule has 0 aromatic rings. The van der Waals surface area contributed by atoms with E-state index in [1.54, 1.807) is 0 Å². The van der Waals surface area contributed by atoms with Gasteiger partial charge in [0.1, 0.15) is 6.10 Å². The van der Waals surface area contributed by atoms with Crippen molar-refractivity contribution in [1.82, 2.24) is 5.32 Å². The monoisotopic (exact) mass is 239 g/mol. The number of amides is 1. The summed E-state index contributed by atoms with van der Waals surface area (Å²) in [5.41, 5.74) is 0. The maximum atomic E-state index is 11.5. The molecule has 3 aliphatic rings. The molecule has 4 heteroatoms. The zero-order chi connectivity index (χ0) is 11.7. The van der Waals surface area contributed by atoms with Gasteiger partial charge in [-0.15, -0.1) is 0 Å². The van der Waals surface area contributed by atoms with E-state index in [9.17, 15) is 4.79 Å². The standard InChI is InChI=1S/C13H21NO3/c15-12(10-4-5-10)14-8-11-9-16-13(17-11)6-2-1-3-7-13/h10-11H,1-9H2,(H,14,15)/t11-/m0/s1. The van der Waals surface area contributed by atoms with Gasteiger partial charge in [0.2, 0.25) is 5.91 Å². The lowest BCUT2D eigenvalue weighted by atomic mass is 9.94. The molecule has 1 spiro atoms. The van der Waals surface area contributed by atoms with Crippen molar-refractivity contribution in [2.75, 3.05) is 13.2 Å². The predicted molar refractivity (Wildman–Crippen MR) is 62.4 cm³/mol. The van der Waals surface area contributed by atoms with Crippen LogP contribution in [-0.2, 0) is 14.3 Å². The van der Waals surface area contributed by atoms with E-state index >= 15 is 0 Å². The van der Waals surface area contributed by atoms with Crippen LogP contribution in [0.2, 0.25) is 0 Å². The third-order valence-corrected chi connectivity index (χ3v) is 3.98. The van der Waals surface area contributed by atoms with Crippen LogP contribution >= 0.6 is 0 Å². The molecule has 0 aromatic carbocycles. The van der Waals surface area contributed by atoms with Gasteiger partial charge in [0.25, 0.3) is 0 Å². The Balaban J connectivity index is 1.44. The van der Waals surface area contributed by atoms with Crippen molar-refractivity contribution in [2.45, 2.75) is 56.8 Å². The number of rotatable bonds is 3. The quantitative estimate of drug-likeness (QED) is 0.813. The lowest BCUT2D eigenvalue weighted by molar-refractivity contribution is -0.186. The van der Waals surface area contributed by atoms with E-state index in [2.05, 4.69) is 5.32 Å². The zero-order valence-corrected chi connectivity index (χ0v) is 10.2. The fourth-order valence-corrected chi connectivity index (χ4v) is 2.77. The van der Waals surface area contributed by atoms with Gasteiger partial charge in [0.15, 0.2) is 5.79 Å². The molecule has 0 bridgehead atoms. The smallest absolute Gasteiger partial charge is 0.223 e. The summed E-state index contributed by atoms with van der Waals surface area (Å²) >= 11 is 0. The molecule has 1 atom stereocenters. The van der Waals surface area contributed by atoms with Gasteiger partial charge >= 0.3 is 0 Å². The molecule has 96 valence electrons. The van der Waals surface area contributed by atoms with Gasteiger partial charge in [-0.3, -0.25) is 4.79 Å². The second-order valence-corrected chi connectivity index (χ2v) is 5.54. The van der Waals surface area contributed by atoms with E-state index < -0.39 is 0 Å². The molecule has 0 radical (unpaired) electrons. The molecule has 0 unspecified atom stereocenters. The van der Waals surface area contributed by atoms with Gasteiger partial charge in [0.05, 0.1) is 6.61 Å². The first kappa shape index (κ1) is 11.5. The highest BCUT2D eigenvalue weighted by atomic mass is 16.7. The Morgan fingerprint density at radius 2 is 2.00 bits per heavy atom.